The summed E-state index contributed by atoms with van der Waals surface area (Å²) in [6, 6.07) is -0.239. The van der Waals surface area contributed by atoms with Crippen molar-refractivity contribution in [1.29, 1.82) is 0 Å². The number of anilines is 1. The van der Waals surface area contributed by atoms with E-state index in [4.69, 9.17) is 16.3 Å². The lowest BCUT2D eigenvalue weighted by molar-refractivity contribution is 0.0160. The van der Waals surface area contributed by atoms with Crippen LogP contribution in [0, 0.1) is 0 Å². The molecule has 0 saturated heterocycles. The molecule has 1 aliphatic carbocycles. The van der Waals surface area contributed by atoms with Gasteiger partial charge in [-0.05, 0) is 26.7 Å². The summed E-state index contributed by atoms with van der Waals surface area (Å²) in [5.74, 6) is 0.346. The largest absolute Gasteiger partial charge is 0.357 e. The number of rotatable bonds is 6. The highest BCUT2D eigenvalue weighted by Crippen LogP contribution is 2.30. The van der Waals surface area contributed by atoms with E-state index < -0.39 is 6.17 Å². The van der Waals surface area contributed by atoms with Crippen molar-refractivity contribution in [3.05, 3.63) is 23.7 Å². The first-order valence-electron chi connectivity index (χ1n) is 8.54. The summed E-state index contributed by atoms with van der Waals surface area (Å²) in [5.41, 5.74) is 1.77. The molecule has 3 aromatic rings. The topological polar surface area (TPSA) is 82.2 Å². The molecule has 4 rings (SSSR count). The Bertz CT molecular complexity index is 927. The van der Waals surface area contributed by atoms with Gasteiger partial charge in [-0.3, -0.25) is 0 Å². The molecular weight excluding hydrogens is 361 g/mol. The van der Waals surface area contributed by atoms with E-state index >= 15 is 0 Å². The van der Waals surface area contributed by atoms with E-state index in [1.807, 2.05) is 20.0 Å². The van der Waals surface area contributed by atoms with Crippen molar-refractivity contribution >= 4 is 23.2 Å². The summed E-state index contributed by atoms with van der Waals surface area (Å²) in [7, 11) is 0. The molecule has 26 heavy (non-hydrogen) atoms. The highest BCUT2D eigenvalue weighted by molar-refractivity contribution is 6.35. The van der Waals surface area contributed by atoms with Gasteiger partial charge in [0.25, 0.3) is 0 Å². The van der Waals surface area contributed by atoms with Gasteiger partial charge >= 0.3 is 0 Å². The van der Waals surface area contributed by atoms with E-state index in [-0.39, 0.29) is 12.3 Å². The Kier molecular flexibility index (Phi) is 4.49. The lowest BCUT2D eigenvalue weighted by Gasteiger charge is -2.30. The molecule has 0 amide bonds. The van der Waals surface area contributed by atoms with E-state index in [9.17, 15) is 4.39 Å². The molecule has 3 heterocycles. The minimum absolute atomic E-state index is 0.184. The molecule has 1 saturated carbocycles. The Morgan fingerprint density at radius 3 is 3.00 bits per heavy atom. The first-order chi connectivity index (χ1) is 12.6. The molecule has 138 valence electrons. The fraction of sp³-hybridized carbons (Fsp3) is 0.500. The molecule has 3 aromatic heterocycles. The lowest BCUT2D eigenvalue weighted by Crippen LogP contribution is -2.40. The van der Waals surface area contributed by atoms with E-state index in [1.165, 1.54) is 10.8 Å². The van der Waals surface area contributed by atoms with Crippen molar-refractivity contribution in [2.24, 2.45) is 0 Å². The Labute approximate surface area is 154 Å². The van der Waals surface area contributed by atoms with E-state index in [1.54, 1.807) is 10.9 Å². The highest BCUT2D eigenvalue weighted by Gasteiger charge is 2.31. The SMILES string of the molecule is CCOC(C)n1cc(-c2ncn3nc(NC4CCC4F)nc3c2Cl)cn1. The number of nitrogens with zero attached hydrogens (tertiary/aromatic N) is 6. The molecule has 8 nitrogen and oxygen atoms in total. The van der Waals surface area contributed by atoms with Crippen molar-refractivity contribution in [1.82, 2.24) is 29.4 Å². The molecule has 0 aliphatic heterocycles. The molecule has 3 atom stereocenters. The van der Waals surface area contributed by atoms with Crippen LogP contribution >= 0.6 is 11.6 Å². The quantitative estimate of drug-likeness (QED) is 0.708. The number of hydrogen-bond donors (Lipinski definition) is 1. The van der Waals surface area contributed by atoms with Crippen LogP contribution in [0.1, 0.15) is 32.9 Å². The summed E-state index contributed by atoms with van der Waals surface area (Å²) >= 11 is 6.50. The van der Waals surface area contributed by atoms with Gasteiger partial charge in [0.1, 0.15) is 23.7 Å². The zero-order chi connectivity index (χ0) is 18.3. The van der Waals surface area contributed by atoms with Crippen molar-refractivity contribution in [2.75, 3.05) is 11.9 Å². The summed E-state index contributed by atoms with van der Waals surface area (Å²) in [4.78, 5) is 8.75. The third-order valence-corrected chi connectivity index (χ3v) is 4.84. The minimum Gasteiger partial charge on any atom is -0.357 e. The fourth-order valence-electron chi connectivity index (χ4n) is 2.86. The molecule has 1 N–H and O–H groups in total. The second-order valence-electron chi connectivity index (χ2n) is 6.22. The number of hydrogen-bond acceptors (Lipinski definition) is 6. The van der Waals surface area contributed by atoms with Gasteiger partial charge in [0.15, 0.2) is 5.65 Å². The Balaban J connectivity index is 1.63. The van der Waals surface area contributed by atoms with Crippen LogP contribution in [0.4, 0.5) is 10.3 Å². The fourth-order valence-corrected chi connectivity index (χ4v) is 3.14. The molecule has 0 spiro atoms. The van der Waals surface area contributed by atoms with Gasteiger partial charge < -0.3 is 10.1 Å². The van der Waals surface area contributed by atoms with E-state index in [0.717, 1.165) is 12.0 Å². The highest BCUT2D eigenvalue weighted by atomic mass is 35.5. The number of aromatic nitrogens is 6. The van der Waals surface area contributed by atoms with Crippen LogP contribution < -0.4 is 5.32 Å². The summed E-state index contributed by atoms with van der Waals surface area (Å²) in [6.07, 6.45) is 5.33. The molecule has 0 aromatic carbocycles. The average molecular weight is 380 g/mol. The summed E-state index contributed by atoms with van der Waals surface area (Å²) < 4.78 is 22.1. The average Bonchev–Trinajstić information content (AvgIpc) is 3.26. The van der Waals surface area contributed by atoms with Gasteiger partial charge in [0.05, 0.1) is 17.9 Å². The summed E-state index contributed by atoms with van der Waals surface area (Å²) in [5, 5.41) is 11.9. The normalized spacial score (nSPS) is 20.9. The number of alkyl halides is 1. The maximum Gasteiger partial charge on any atom is 0.243 e. The van der Waals surface area contributed by atoms with Crippen LogP contribution in [0.5, 0.6) is 0 Å². The molecule has 3 unspecified atom stereocenters. The Morgan fingerprint density at radius 1 is 1.46 bits per heavy atom. The first-order valence-corrected chi connectivity index (χ1v) is 8.92. The Morgan fingerprint density at radius 2 is 2.31 bits per heavy atom. The third-order valence-electron chi connectivity index (χ3n) is 4.49. The lowest BCUT2D eigenvalue weighted by atomic mass is 9.91. The molecule has 0 radical (unpaired) electrons. The monoisotopic (exact) mass is 379 g/mol. The number of fused-ring (bicyclic) bond motifs is 1. The molecule has 1 aliphatic rings. The summed E-state index contributed by atoms with van der Waals surface area (Å²) in [6.45, 7) is 4.43. The molecular formula is C16H19ClFN7O. The maximum absolute atomic E-state index is 13.4. The van der Waals surface area contributed by atoms with Crippen LogP contribution in [0.2, 0.25) is 5.02 Å². The van der Waals surface area contributed by atoms with E-state index in [2.05, 4.69) is 25.5 Å². The zero-order valence-electron chi connectivity index (χ0n) is 14.4. The van der Waals surface area contributed by atoms with Gasteiger partial charge in [0.2, 0.25) is 5.95 Å². The van der Waals surface area contributed by atoms with Gasteiger partial charge in [-0.1, -0.05) is 11.6 Å². The van der Waals surface area contributed by atoms with Crippen molar-refractivity contribution < 1.29 is 9.13 Å². The molecule has 10 heteroatoms. The minimum atomic E-state index is -0.857. The van der Waals surface area contributed by atoms with Crippen LogP contribution in [-0.2, 0) is 4.74 Å². The van der Waals surface area contributed by atoms with Crippen LogP contribution in [0.25, 0.3) is 16.9 Å². The van der Waals surface area contributed by atoms with Crippen LogP contribution in [0.3, 0.4) is 0 Å². The standard InChI is InChI=1S/C16H19ClFN7O/c1-3-26-9(2)24-7-10(6-20-24)14-13(17)15-22-16(23-25(15)8-19-14)21-12-5-4-11(12)18/h6-9,11-12H,3-5H2,1-2H3,(H,21,23). The van der Waals surface area contributed by atoms with Gasteiger partial charge in [-0.25, -0.2) is 14.1 Å². The predicted molar refractivity (Wildman–Crippen MR) is 94.9 cm³/mol. The van der Waals surface area contributed by atoms with Crippen molar-refractivity contribution in [3.63, 3.8) is 0 Å². The van der Waals surface area contributed by atoms with Crippen LogP contribution in [-0.4, -0.2) is 48.2 Å². The zero-order valence-corrected chi connectivity index (χ0v) is 15.2. The first kappa shape index (κ1) is 17.2. The number of halogens is 2. The van der Waals surface area contributed by atoms with Gasteiger partial charge in [-0.15, -0.1) is 5.10 Å². The van der Waals surface area contributed by atoms with Crippen molar-refractivity contribution in [3.8, 4) is 11.3 Å². The maximum atomic E-state index is 13.4. The second kappa shape index (κ2) is 6.81. The number of nitrogens with one attached hydrogen (secondary N) is 1. The molecule has 1 fully saturated rings. The van der Waals surface area contributed by atoms with Crippen LogP contribution in [0.15, 0.2) is 18.7 Å². The predicted octanol–water partition coefficient (Wildman–Crippen LogP) is 3.11. The third kappa shape index (κ3) is 3.01. The van der Waals surface area contributed by atoms with Gasteiger partial charge in [0, 0.05) is 18.4 Å². The van der Waals surface area contributed by atoms with Crippen molar-refractivity contribution in [2.45, 2.75) is 45.1 Å². The van der Waals surface area contributed by atoms with Gasteiger partial charge in [-0.2, -0.15) is 14.6 Å². The smallest absolute Gasteiger partial charge is 0.243 e. The molecule has 0 bridgehead atoms. The number of ether oxygens (including phenoxy) is 1. The Hall–Kier alpha value is -2.26. The van der Waals surface area contributed by atoms with E-state index in [0.29, 0.717) is 35.3 Å². The second-order valence-corrected chi connectivity index (χ2v) is 6.60.